The van der Waals surface area contributed by atoms with Gasteiger partial charge in [0, 0.05) is 5.69 Å². The quantitative estimate of drug-likeness (QED) is 0.627. The molecule has 6 heteroatoms. The maximum atomic E-state index is 5.41. The van der Waals surface area contributed by atoms with Crippen LogP contribution in [0.3, 0.4) is 0 Å². The van der Waals surface area contributed by atoms with Gasteiger partial charge in [-0.3, -0.25) is 0 Å². The van der Waals surface area contributed by atoms with Crippen molar-refractivity contribution in [3.8, 4) is 0 Å². The predicted molar refractivity (Wildman–Crippen MR) is 54.0 cm³/mol. The van der Waals surface area contributed by atoms with Gasteiger partial charge in [0.05, 0.1) is 0 Å². The number of benzene rings is 1. The first-order valence-electron chi connectivity index (χ1n) is 4.11. The Hall–Kier alpha value is -1.88. The molecule has 2 aromatic rings. The lowest BCUT2D eigenvalue weighted by atomic mass is 10.3. The van der Waals surface area contributed by atoms with Crippen LogP contribution in [-0.4, -0.2) is 15.0 Å². The Morgan fingerprint density at radius 3 is 2.47 bits per heavy atom. The first-order valence-corrected chi connectivity index (χ1v) is 4.11. The van der Waals surface area contributed by atoms with Crippen LogP contribution < -0.4 is 23.5 Å². The molecule has 1 heterocycles. The van der Waals surface area contributed by atoms with E-state index < -0.39 is 0 Å². The van der Waals surface area contributed by atoms with E-state index in [2.05, 4.69) is 20.3 Å². The Kier molecular flexibility index (Phi) is 3.82. The van der Waals surface area contributed by atoms with E-state index in [0.29, 0.717) is 5.95 Å². The van der Waals surface area contributed by atoms with Crippen molar-refractivity contribution in [3.05, 3.63) is 36.7 Å². The number of nitrogens with two attached hydrogens (primary N) is 1. The first kappa shape index (κ1) is 11.2. The summed E-state index contributed by atoms with van der Waals surface area (Å²) in [5.74, 6) is 0.655. The highest BCUT2D eigenvalue weighted by molar-refractivity contribution is 5.52. The number of halogens is 1. The van der Waals surface area contributed by atoms with Crippen molar-refractivity contribution in [2.45, 2.75) is 0 Å². The monoisotopic (exact) mass is 222 g/mol. The standard InChI is InChI=1S/C9H9N5.ClH/c10-8-11-6-12-9(14-8)13-7-4-2-1-3-5-7;/h1-6H,(H3,10,11,12,13,14);1H/p-1. The molecule has 1 aromatic carbocycles. The van der Waals surface area contributed by atoms with Crippen LogP contribution in [0, 0.1) is 0 Å². The molecule has 5 nitrogen and oxygen atoms in total. The van der Waals surface area contributed by atoms with Gasteiger partial charge in [-0.15, -0.1) is 0 Å². The molecule has 1 aromatic heterocycles. The second-order valence-corrected chi connectivity index (χ2v) is 2.66. The molecule has 15 heavy (non-hydrogen) atoms. The summed E-state index contributed by atoms with van der Waals surface area (Å²) in [6, 6.07) is 9.62. The number of nitrogens with zero attached hydrogens (tertiary/aromatic N) is 3. The molecule has 0 aliphatic carbocycles. The molecule has 0 amide bonds. The summed E-state index contributed by atoms with van der Waals surface area (Å²) in [5.41, 5.74) is 6.32. The molecule has 3 N–H and O–H groups in total. The van der Waals surface area contributed by atoms with E-state index in [-0.39, 0.29) is 18.4 Å². The number of nitrogens with one attached hydrogen (secondary N) is 1. The van der Waals surface area contributed by atoms with Gasteiger partial charge in [-0.1, -0.05) is 18.2 Å². The van der Waals surface area contributed by atoms with E-state index in [9.17, 15) is 0 Å². The van der Waals surface area contributed by atoms with E-state index in [1.54, 1.807) is 0 Å². The van der Waals surface area contributed by atoms with Crippen molar-refractivity contribution in [1.82, 2.24) is 15.0 Å². The number of anilines is 3. The van der Waals surface area contributed by atoms with Crippen LogP contribution in [-0.2, 0) is 0 Å². The van der Waals surface area contributed by atoms with Gasteiger partial charge in [-0.05, 0) is 12.1 Å². The van der Waals surface area contributed by atoms with Crippen LogP contribution in [0.1, 0.15) is 0 Å². The highest BCUT2D eigenvalue weighted by Crippen LogP contribution is 2.10. The van der Waals surface area contributed by atoms with Gasteiger partial charge in [0.25, 0.3) is 0 Å². The zero-order valence-electron chi connectivity index (χ0n) is 7.76. The van der Waals surface area contributed by atoms with Gasteiger partial charge in [0.15, 0.2) is 0 Å². The van der Waals surface area contributed by atoms with Crippen LogP contribution in [0.4, 0.5) is 17.6 Å². The smallest absolute Gasteiger partial charge is 0.231 e. The van der Waals surface area contributed by atoms with Crippen molar-refractivity contribution in [1.29, 1.82) is 0 Å². The lowest BCUT2D eigenvalue weighted by Gasteiger charge is -2.03. The Bertz CT molecular complexity index is 420. The van der Waals surface area contributed by atoms with Crippen LogP contribution >= 0.6 is 0 Å². The van der Waals surface area contributed by atoms with Gasteiger partial charge in [-0.2, -0.15) is 4.98 Å². The van der Waals surface area contributed by atoms with Gasteiger partial charge in [-0.25, -0.2) is 9.97 Å². The van der Waals surface area contributed by atoms with Gasteiger partial charge >= 0.3 is 0 Å². The summed E-state index contributed by atoms with van der Waals surface area (Å²) in [6.07, 6.45) is 1.37. The minimum absolute atomic E-state index is 0. The minimum atomic E-state index is 0. The molecule has 2 rings (SSSR count). The Morgan fingerprint density at radius 2 is 1.80 bits per heavy atom. The lowest BCUT2D eigenvalue weighted by molar-refractivity contribution is -0.00000317. The van der Waals surface area contributed by atoms with Gasteiger partial charge < -0.3 is 23.5 Å². The van der Waals surface area contributed by atoms with Crippen molar-refractivity contribution < 1.29 is 12.4 Å². The van der Waals surface area contributed by atoms with E-state index in [1.807, 2.05) is 30.3 Å². The largest absolute Gasteiger partial charge is 1.00 e. The number of aromatic nitrogens is 3. The first-order chi connectivity index (χ1) is 6.84. The van der Waals surface area contributed by atoms with E-state index in [4.69, 9.17) is 5.73 Å². The van der Waals surface area contributed by atoms with Crippen LogP contribution in [0.25, 0.3) is 0 Å². The Morgan fingerprint density at radius 1 is 1.07 bits per heavy atom. The summed E-state index contributed by atoms with van der Waals surface area (Å²) < 4.78 is 0. The average molecular weight is 223 g/mol. The molecule has 0 fully saturated rings. The van der Waals surface area contributed by atoms with Crippen molar-refractivity contribution >= 4 is 17.6 Å². The highest BCUT2D eigenvalue weighted by atomic mass is 35.5. The summed E-state index contributed by atoms with van der Waals surface area (Å²) in [7, 11) is 0. The summed E-state index contributed by atoms with van der Waals surface area (Å²) in [5, 5.41) is 3.00. The molecular formula is C9H9ClN5-. The van der Waals surface area contributed by atoms with E-state index in [0.717, 1.165) is 5.69 Å². The summed E-state index contributed by atoms with van der Waals surface area (Å²) >= 11 is 0. The molecule has 0 saturated carbocycles. The zero-order chi connectivity index (χ0) is 9.80. The van der Waals surface area contributed by atoms with E-state index >= 15 is 0 Å². The molecule has 0 atom stereocenters. The molecule has 0 aliphatic heterocycles. The SMILES string of the molecule is Nc1ncnc(Nc2ccccc2)n1.[Cl-]. The molecule has 0 unspecified atom stereocenters. The van der Waals surface area contributed by atoms with Crippen molar-refractivity contribution in [2.75, 3.05) is 11.1 Å². The number of rotatable bonds is 2. The molecule has 0 bridgehead atoms. The third-order valence-corrected chi connectivity index (χ3v) is 1.62. The zero-order valence-corrected chi connectivity index (χ0v) is 8.52. The summed E-state index contributed by atoms with van der Waals surface area (Å²) in [6.45, 7) is 0. The Labute approximate surface area is 93.2 Å². The summed E-state index contributed by atoms with van der Waals surface area (Å²) in [4.78, 5) is 11.5. The normalized spacial score (nSPS) is 9.07. The van der Waals surface area contributed by atoms with Crippen LogP contribution in [0.15, 0.2) is 36.7 Å². The van der Waals surface area contributed by atoms with Gasteiger partial charge in [0.2, 0.25) is 11.9 Å². The molecule has 0 radical (unpaired) electrons. The second-order valence-electron chi connectivity index (χ2n) is 2.66. The Balaban J connectivity index is 0.00000112. The molecule has 0 spiro atoms. The van der Waals surface area contributed by atoms with Crippen LogP contribution in [0.2, 0.25) is 0 Å². The fourth-order valence-corrected chi connectivity index (χ4v) is 1.02. The predicted octanol–water partition coefficient (Wildman–Crippen LogP) is -1.80. The maximum absolute atomic E-state index is 5.41. The van der Waals surface area contributed by atoms with Gasteiger partial charge in [0.1, 0.15) is 6.33 Å². The van der Waals surface area contributed by atoms with E-state index in [1.165, 1.54) is 6.33 Å². The average Bonchev–Trinajstić information content (AvgIpc) is 2.19. The third kappa shape index (κ3) is 3.07. The molecule has 78 valence electrons. The minimum Gasteiger partial charge on any atom is -1.00 e. The fraction of sp³-hybridized carbons (Fsp3) is 0. The number of hydrogen-bond acceptors (Lipinski definition) is 5. The second kappa shape index (κ2) is 5.11. The van der Waals surface area contributed by atoms with Crippen molar-refractivity contribution in [3.63, 3.8) is 0 Å². The fourth-order valence-electron chi connectivity index (χ4n) is 1.02. The van der Waals surface area contributed by atoms with Crippen molar-refractivity contribution in [2.24, 2.45) is 0 Å². The topological polar surface area (TPSA) is 76.7 Å². The van der Waals surface area contributed by atoms with Crippen LogP contribution in [0.5, 0.6) is 0 Å². The third-order valence-electron chi connectivity index (χ3n) is 1.62. The lowest BCUT2D eigenvalue weighted by Crippen LogP contribution is -3.00. The number of para-hydroxylation sites is 1. The number of nitrogen functional groups attached to an aromatic ring is 1. The number of hydrogen-bond donors (Lipinski definition) is 2. The highest BCUT2D eigenvalue weighted by Gasteiger charge is 1.96. The molecule has 0 saturated heterocycles. The molecular weight excluding hydrogens is 214 g/mol. The molecule has 0 aliphatic rings. The maximum Gasteiger partial charge on any atom is 0.231 e.